The zero-order valence-electron chi connectivity index (χ0n) is 8.15. The molecule has 0 heterocycles. The molecule has 3 N–H and O–H groups in total. The average Bonchev–Trinajstić information content (AvgIpc) is 2.17. The van der Waals surface area contributed by atoms with Crippen molar-refractivity contribution >= 4 is 5.97 Å². The second-order valence-corrected chi connectivity index (χ2v) is 3.04. The molecule has 1 aromatic rings. The summed E-state index contributed by atoms with van der Waals surface area (Å²) in [6, 6.07) is 4.21. The Labute approximate surface area is 82.3 Å². The number of aliphatic carboxylic acids is 1. The van der Waals surface area contributed by atoms with E-state index in [0.717, 1.165) is 5.56 Å². The first-order valence-electron chi connectivity index (χ1n) is 4.19. The van der Waals surface area contributed by atoms with E-state index in [2.05, 4.69) is 0 Å². The third-order valence-electron chi connectivity index (χ3n) is 2.09. The summed E-state index contributed by atoms with van der Waals surface area (Å²) in [6.45, 7) is 1.82. The number of rotatable bonds is 3. The van der Waals surface area contributed by atoms with Crippen molar-refractivity contribution in [3.8, 4) is 5.75 Å². The van der Waals surface area contributed by atoms with Gasteiger partial charge in [0, 0.05) is 0 Å². The summed E-state index contributed by atoms with van der Waals surface area (Å²) in [5.41, 5.74) is 6.94. The molecule has 0 radical (unpaired) electrons. The van der Waals surface area contributed by atoms with Crippen LogP contribution >= 0.6 is 0 Å². The second kappa shape index (κ2) is 4.11. The highest BCUT2D eigenvalue weighted by Crippen LogP contribution is 2.21. The molecule has 4 heteroatoms. The van der Waals surface area contributed by atoms with Gasteiger partial charge in [-0.3, -0.25) is 4.79 Å². The lowest BCUT2D eigenvalue weighted by molar-refractivity contribution is -0.138. The number of ether oxygens (including phenoxy) is 1. The minimum absolute atomic E-state index is 0.580. The number of hydrogen-bond donors (Lipinski definition) is 2. The zero-order chi connectivity index (χ0) is 10.7. The summed E-state index contributed by atoms with van der Waals surface area (Å²) >= 11 is 0. The van der Waals surface area contributed by atoms with Crippen molar-refractivity contribution in [1.29, 1.82) is 0 Å². The highest BCUT2D eigenvalue weighted by Gasteiger charge is 2.16. The van der Waals surface area contributed by atoms with Crippen molar-refractivity contribution in [2.45, 2.75) is 13.0 Å². The maximum Gasteiger partial charge on any atom is 0.325 e. The van der Waals surface area contributed by atoms with Crippen molar-refractivity contribution in [3.63, 3.8) is 0 Å². The van der Waals surface area contributed by atoms with Gasteiger partial charge in [-0.1, -0.05) is 6.07 Å². The van der Waals surface area contributed by atoms with Crippen LogP contribution in [0.15, 0.2) is 18.2 Å². The summed E-state index contributed by atoms with van der Waals surface area (Å²) < 4.78 is 4.99. The molecule has 4 nitrogen and oxygen atoms in total. The van der Waals surface area contributed by atoms with E-state index in [1.54, 1.807) is 18.2 Å². The first-order valence-corrected chi connectivity index (χ1v) is 4.19. The van der Waals surface area contributed by atoms with Crippen LogP contribution in [0.25, 0.3) is 0 Å². The minimum atomic E-state index is -1.04. The van der Waals surface area contributed by atoms with E-state index in [0.29, 0.717) is 11.3 Å². The predicted octanol–water partition coefficient (Wildman–Crippen LogP) is 1.09. The molecule has 0 saturated heterocycles. The van der Waals surface area contributed by atoms with Crippen LogP contribution < -0.4 is 10.5 Å². The molecule has 0 fully saturated rings. The zero-order valence-corrected chi connectivity index (χ0v) is 8.15. The van der Waals surface area contributed by atoms with E-state index in [1.807, 2.05) is 6.92 Å². The quantitative estimate of drug-likeness (QED) is 0.757. The molecular weight excluding hydrogens is 182 g/mol. The van der Waals surface area contributed by atoms with E-state index in [9.17, 15) is 4.79 Å². The Kier molecular flexibility index (Phi) is 3.09. The van der Waals surface area contributed by atoms with E-state index in [-0.39, 0.29) is 0 Å². The lowest BCUT2D eigenvalue weighted by Gasteiger charge is -2.11. The summed E-state index contributed by atoms with van der Waals surface area (Å²) in [4.78, 5) is 10.7. The third kappa shape index (κ3) is 2.03. The highest BCUT2D eigenvalue weighted by molar-refractivity contribution is 5.76. The molecule has 0 spiro atoms. The van der Waals surface area contributed by atoms with Gasteiger partial charge in [-0.05, 0) is 30.2 Å². The monoisotopic (exact) mass is 195 g/mol. The number of benzene rings is 1. The van der Waals surface area contributed by atoms with Gasteiger partial charge < -0.3 is 15.6 Å². The molecular formula is C10H13NO3. The van der Waals surface area contributed by atoms with E-state index in [1.165, 1.54) is 7.11 Å². The van der Waals surface area contributed by atoms with Gasteiger partial charge >= 0.3 is 5.97 Å². The number of aryl methyl sites for hydroxylation is 1. The van der Waals surface area contributed by atoms with Gasteiger partial charge in [0.1, 0.15) is 11.8 Å². The van der Waals surface area contributed by atoms with Crippen molar-refractivity contribution in [2.75, 3.05) is 7.11 Å². The molecule has 1 unspecified atom stereocenters. The molecule has 14 heavy (non-hydrogen) atoms. The smallest absolute Gasteiger partial charge is 0.325 e. The first kappa shape index (κ1) is 10.5. The van der Waals surface area contributed by atoms with Crippen molar-refractivity contribution in [2.24, 2.45) is 5.73 Å². The Hall–Kier alpha value is -1.55. The van der Waals surface area contributed by atoms with E-state index >= 15 is 0 Å². The van der Waals surface area contributed by atoms with Crippen LogP contribution in [0, 0.1) is 6.92 Å². The van der Waals surface area contributed by atoms with E-state index < -0.39 is 12.0 Å². The molecule has 0 amide bonds. The fourth-order valence-electron chi connectivity index (χ4n) is 1.21. The van der Waals surface area contributed by atoms with Crippen LogP contribution in [0.2, 0.25) is 0 Å². The van der Waals surface area contributed by atoms with Gasteiger partial charge in [-0.25, -0.2) is 0 Å². The van der Waals surface area contributed by atoms with Crippen LogP contribution in [-0.4, -0.2) is 18.2 Å². The van der Waals surface area contributed by atoms with Gasteiger partial charge in [0.25, 0.3) is 0 Å². The largest absolute Gasteiger partial charge is 0.497 e. The topological polar surface area (TPSA) is 72.5 Å². The Balaban J connectivity index is 3.11. The highest BCUT2D eigenvalue weighted by atomic mass is 16.5. The summed E-state index contributed by atoms with van der Waals surface area (Å²) in [7, 11) is 1.53. The van der Waals surface area contributed by atoms with Crippen molar-refractivity contribution in [1.82, 2.24) is 0 Å². The fourth-order valence-corrected chi connectivity index (χ4v) is 1.21. The average molecular weight is 195 g/mol. The molecule has 0 saturated carbocycles. The van der Waals surface area contributed by atoms with Crippen LogP contribution in [0.4, 0.5) is 0 Å². The Morgan fingerprint density at radius 2 is 2.21 bits per heavy atom. The normalized spacial score (nSPS) is 12.2. The fraction of sp³-hybridized carbons (Fsp3) is 0.300. The third-order valence-corrected chi connectivity index (χ3v) is 2.09. The molecule has 0 bridgehead atoms. The maximum atomic E-state index is 10.7. The van der Waals surface area contributed by atoms with Gasteiger partial charge in [0.15, 0.2) is 0 Å². The number of carbonyl (C=O) groups is 1. The molecule has 0 aliphatic carbocycles. The minimum Gasteiger partial charge on any atom is -0.497 e. The number of carboxylic acids is 1. The van der Waals surface area contributed by atoms with E-state index in [4.69, 9.17) is 15.6 Å². The summed E-state index contributed by atoms with van der Waals surface area (Å²) in [6.07, 6.45) is 0. The van der Waals surface area contributed by atoms with Crippen LogP contribution in [-0.2, 0) is 4.79 Å². The molecule has 76 valence electrons. The van der Waals surface area contributed by atoms with Crippen molar-refractivity contribution < 1.29 is 14.6 Å². The van der Waals surface area contributed by atoms with Crippen LogP contribution in [0.5, 0.6) is 5.75 Å². The molecule has 0 aliphatic rings. The SMILES string of the molecule is COc1ccc(C)c(C(N)C(=O)O)c1. The summed E-state index contributed by atoms with van der Waals surface area (Å²) in [5, 5.41) is 8.76. The molecule has 0 aliphatic heterocycles. The Morgan fingerprint density at radius 1 is 1.57 bits per heavy atom. The van der Waals surface area contributed by atoms with Gasteiger partial charge in [-0.15, -0.1) is 0 Å². The number of carboxylic acid groups (broad SMARTS) is 1. The lowest BCUT2D eigenvalue weighted by atomic mass is 10.0. The van der Waals surface area contributed by atoms with Gasteiger partial charge in [-0.2, -0.15) is 0 Å². The summed E-state index contributed by atoms with van der Waals surface area (Å²) in [5.74, 6) is -0.427. The number of methoxy groups -OCH3 is 1. The molecule has 1 atom stereocenters. The van der Waals surface area contributed by atoms with Crippen LogP contribution in [0.3, 0.4) is 0 Å². The molecule has 1 aromatic carbocycles. The molecule has 0 aromatic heterocycles. The van der Waals surface area contributed by atoms with Gasteiger partial charge in [0.05, 0.1) is 7.11 Å². The standard InChI is InChI=1S/C10H13NO3/c1-6-3-4-7(14-2)5-8(6)9(11)10(12)13/h3-5,9H,11H2,1-2H3,(H,12,13). The lowest BCUT2D eigenvalue weighted by Crippen LogP contribution is -2.21. The maximum absolute atomic E-state index is 10.7. The Morgan fingerprint density at radius 3 is 2.71 bits per heavy atom. The second-order valence-electron chi connectivity index (χ2n) is 3.04. The number of nitrogens with two attached hydrogens (primary N) is 1. The molecule has 1 rings (SSSR count). The Bertz CT molecular complexity index is 349. The van der Waals surface area contributed by atoms with Gasteiger partial charge in [0.2, 0.25) is 0 Å². The number of hydrogen-bond acceptors (Lipinski definition) is 3. The first-order chi connectivity index (χ1) is 6.56. The predicted molar refractivity (Wildman–Crippen MR) is 52.3 cm³/mol. The van der Waals surface area contributed by atoms with Crippen LogP contribution in [0.1, 0.15) is 17.2 Å². The van der Waals surface area contributed by atoms with Crippen molar-refractivity contribution in [3.05, 3.63) is 29.3 Å².